The lowest BCUT2D eigenvalue weighted by molar-refractivity contribution is 0.569. The summed E-state index contributed by atoms with van der Waals surface area (Å²) in [5.41, 5.74) is 2.85. The van der Waals surface area contributed by atoms with Crippen LogP contribution in [-0.2, 0) is 6.42 Å². The molecule has 1 N–H and O–H groups in total. The summed E-state index contributed by atoms with van der Waals surface area (Å²) in [6, 6.07) is 2.56. The summed E-state index contributed by atoms with van der Waals surface area (Å²) in [5.74, 6) is 0. The number of aryl methyl sites for hydroxylation is 3. The standard InChI is InChI=1S/C14H21N5S/c1-9(2)15-7-5-6-13-18-19-14(20-13)12-8-10(3)16-17-11(12)4/h8-9,15H,5-7H2,1-4H3. The summed E-state index contributed by atoms with van der Waals surface area (Å²) in [7, 11) is 0. The minimum Gasteiger partial charge on any atom is -0.315 e. The maximum atomic E-state index is 4.28. The predicted molar refractivity (Wildman–Crippen MR) is 81.9 cm³/mol. The Labute approximate surface area is 123 Å². The molecule has 108 valence electrons. The molecule has 2 aromatic heterocycles. The topological polar surface area (TPSA) is 63.6 Å². The van der Waals surface area contributed by atoms with Crippen LogP contribution in [0.5, 0.6) is 0 Å². The molecule has 0 saturated heterocycles. The molecule has 2 aromatic rings. The van der Waals surface area contributed by atoms with Gasteiger partial charge in [0.25, 0.3) is 0 Å². The van der Waals surface area contributed by atoms with Crippen molar-refractivity contribution in [1.82, 2.24) is 25.7 Å². The highest BCUT2D eigenvalue weighted by Gasteiger charge is 2.10. The molecule has 6 heteroatoms. The van der Waals surface area contributed by atoms with Crippen molar-refractivity contribution in [2.75, 3.05) is 6.54 Å². The van der Waals surface area contributed by atoms with Crippen molar-refractivity contribution in [3.63, 3.8) is 0 Å². The fourth-order valence-electron chi connectivity index (χ4n) is 1.86. The Kier molecular flexibility index (Phi) is 5.14. The first-order valence-electron chi connectivity index (χ1n) is 6.93. The van der Waals surface area contributed by atoms with Crippen molar-refractivity contribution >= 4 is 11.3 Å². The van der Waals surface area contributed by atoms with Crippen molar-refractivity contribution < 1.29 is 0 Å². The second-order valence-corrected chi connectivity index (χ2v) is 6.26. The minimum absolute atomic E-state index is 0.536. The first kappa shape index (κ1) is 15.0. The van der Waals surface area contributed by atoms with Gasteiger partial charge in [0, 0.05) is 18.0 Å². The molecule has 0 aliphatic rings. The zero-order chi connectivity index (χ0) is 14.5. The molecule has 0 unspecified atom stereocenters. The lowest BCUT2D eigenvalue weighted by atomic mass is 10.2. The highest BCUT2D eigenvalue weighted by Crippen LogP contribution is 2.26. The van der Waals surface area contributed by atoms with Crippen LogP contribution in [0.4, 0.5) is 0 Å². The molecule has 0 aromatic carbocycles. The lowest BCUT2D eigenvalue weighted by Gasteiger charge is -2.05. The largest absolute Gasteiger partial charge is 0.315 e. The van der Waals surface area contributed by atoms with E-state index in [9.17, 15) is 0 Å². The van der Waals surface area contributed by atoms with Gasteiger partial charge in [-0.25, -0.2) is 0 Å². The average molecular weight is 291 g/mol. The molecule has 2 heterocycles. The van der Waals surface area contributed by atoms with E-state index in [2.05, 4.69) is 39.6 Å². The number of rotatable bonds is 6. The Morgan fingerprint density at radius 2 is 1.95 bits per heavy atom. The molecule has 0 radical (unpaired) electrons. The Morgan fingerprint density at radius 3 is 2.70 bits per heavy atom. The number of aromatic nitrogens is 4. The second-order valence-electron chi connectivity index (χ2n) is 5.20. The molecular formula is C14H21N5S. The van der Waals surface area contributed by atoms with Crippen LogP contribution >= 0.6 is 11.3 Å². The van der Waals surface area contributed by atoms with Crippen LogP contribution in [0.3, 0.4) is 0 Å². The van der Waals surface area contributed by atoms with Crippen LogP contribution in [0.1, 0.15) is 36.7 Å². The first-order valence-corrected chi connectivity index (χ1v) is 7.75. The summed E-state index contributed by atoms with van der Waals surface area (Å²) >= 11 is 1.65. The van der Waals surface area contributed by atoms with Gasteiger partial charge in [-0.15, -0.1) is 10.2 Å². The summed E-state index contributed by atoms with van der Waals surface area (Å²) in [6.07, 6.45) is 2.05. The zero-order valence-corrected chi connectivity index (χ0v) is 13.3. The zero-order valence-electron chi connectivity index (χ0n) is 12.5. The van der Waals surface area contributed by atoms with Crippen molar-refractivity contribution in [1.29, 1.82) is 0 Å². The molecule has 0 atom stereocenters. The van der Waals surface area contributed by atoms with E-state index in [1.54, 1.807) is 11.3 Å². The van der Waals surface area contributed by atoms with Crippen LogP contribution in [0.2, 0.25) is 0 Å². The molecular weight excluding hydrogens is 270 g/mol. The van der Waals surface area contributed by atoms with Crippen molar-refractivity contribution in [2.45, 2.75) is 46.6 Å². The van der Waals surface area contributed by atoms with Gasteiger partial charge >= 0.3 is 0 Å². The molecule has 2 rings (SSSR count). The fraction of sp³-hybridized carbons (Fsp3) is 0.571. The van der Waals surface area contributed by atoms with Gasteiger partial charge in [-0.3, -0.25) is 0 Å². The molecule has 0 amide bonds. The van der Waals surface area contributed by atoms with E-state index in [0.717, 1.165) is 46.4 Å². The van der Waals surface area contributed by atoms with Crippen molar-refractivity contribution in [2.24, 2.45) is 0 Å². The molecule has 0 saturated carbocycles. The highest BCUT2D eigenvalue weighted by atomic mass is 32.1. The highest BCUT2D eigenvalue weighted by molar-refractivity contribution is 7.14. The number of hydrogen-bond donors (Lipinski definition) is 1. The SMILES string of the molecule is Cc1cc(-c2nnc(CCCNC(C)C)s2)c(C)nn1. The molecule has 0 aliphatic heterocycles. The summed E-state index contributed by atoms with van der Waals surface area (Å²) in [4.78, 5) is 0. The van der Waals surface area contributed by atoms with Gasteiger partial charge in [0.05, 0.1) is 11.4 Å². The van der Waals surface area contributed by atoms with Gasteiger partial charge in [0.2, 0.25) is 0 Å². The maximum Gasteiger partial charge on any atom is 0.149 e. The minimum atomic E-state index is 0.536. The van der Waals surface area contributed by atoms with Crippen LogP contribution in [-0.4, -0.2) is 33.0 Å². The van der Waals surface area contributed by atoms with Crippen LogP contribution in [0, 0.1) is 13.8 Å². The van der Waals surface area contributed by atoms with Gasteiger partial charge in [-0.05, 0) is 32.9 Å². The molecule has 0 bridgehead atoms. The smallest absolute Gasteiger partial charge is 0.149 e. The third kappa shape index (κ3) is 4.05. The predicted octanol–water partition coefficient (Wildman–Crippen LogP) is 2.54. The molecule has 20 heavy (non-hydrogen) atoms. The normalized spacial score (nSPS) is 11.2. The fourth-order valence-corrected chi connectivity index (χ4v) is 2.81. The number of nitrogens with zero attached hydrogens (tertiary/aromatic N) is 4. The van der Waals surface area contributed by atoms with Gasteiger partial charge < -0.3 is 5.32 Å². The lowest BCUT2D eigenvalue weighted by Crippen LogP contribution is -2.23. The monoisotopic (exact) mass is 291 g/mol. The van der Waals surface area contributed by atoms with Gasteiger partial charge in [-0.1, -0.05) is 25.2 Å². The molecule has 0 spiro atoms. The Morgan fingerprint density at radius 1 is 1.15 bits per heavy atom. The third-order valence-electron chi connectivity index (χ3n) is 2.92. The van der Waals surface area contributed by atoms with E-state index in [1.165, 1.54) is 0 Å². The molecule has 0 fully saturated rings. The molecule has 5 nitrogen and oxygen atoms in total. The van der Waals surface area contributed by atoms with Crippen molar-refractivity contribution in [3.05, 3.63) is 22.5 Å². The van der Waals surface area contributed by atoms with Crippen molar-refractivity contribution in [3.8, 4) is 10.6 Å². The summed E-state index contributed by atoms with van der Waals surface area (Å²) in [5, 5.41) is 22.2. The van der Waals surface area contributed by atoms with E-state index in [1.807, 2.05) is 19.9 Å². The number of hydrogen-bond acceptors (Lipinski definition) is 6. The Hall–Kier alpha value is -1.40. The average Bonchev–Trinajstić information content (AvgIpc) is 2.86. The van der Waals surface area contributed by atoms with Gasteiger partial charge in [0.15, 0.2) is 0 Å². The van der Waals surface area contributed by atoms with Crippen LogP contribution in [0.25, 0.3) is 10.6 Å². The van der Waals surface area contributed by atoms with Gasteiger partial charge in [0.1, 0.15) is 10.0 Å². The quantitative estimate of drug-likeness (QED) is 0.829. The van der Waals surface area contributed by atoms with Gasteiger partial charge in [-0.2, -0.15) is 10.2 Å². The molecule has 0 aliphatic carbocycles. The van der Waals surface area contributed by atoms with Crippen LogP contribution in [0.15, 0.2) is 6.07 Å². The second kappa shape index (κ2) is 6.85. The van der Waals surface area contributed by atoms with E-state index in [0.29, 0.717) is 6.04 Å². The van der Waals surface area contributed by atoms with E-state index >= 15 is 0 Å². The maximum absolute atomic E-state index is 4.28. The Bertz CT molecular complexity index is 564. The number of nitrogens with one attached hydrogen (secondary N) is 1. The third-order valence-corrected chi connectivity index (χ3v) is 3.93. The van der Waals surface area contributed by atoms with E-state index in [-0.39, 0.29) is 0 Å². The first-order chi connectivity index (χ1) is 9.56. The summed E-state index contributed by atoms with van der Waals surface area (Å²) in [6.45, 7) is 9.22. The van der Waals surface area contributed by atoms with E-state index < -0.39 is 0 Å². The van der Waals surface area contributed by atoms with E-state index in [4.69, 9.17) is 0 Å². The Balaban J connectivity index is 2.00. The van der Waals surface area contributed by atoms with Crippen LogP contribution < -0.4 is 5.32 Å². The summed E-state index contributed by atoms with van der Waals surface area (Å²) < 4.78 is 0.